The second-order valence-electron chi connectivity index (χ2n) is 29.0. The molecule has 0 fully saturated rings. The van der Waals surface area contributed by atoms with Crippen LogP contribution in [0.25, 0.3) is 50.7 Å². The standard InChI is InChI=1S/C14H13FN2O3.C13H11FN2O4.C13H11FN2O3.C12H8ClFN2O2.2C12H9FN2O3.C11H7FN2O3.C7H7NO3/c1-7-6-9(15)4-5-10(7)11-8(2)16-17-12(14(18)19)13(11)20-3;1-20-7-8-6-15-16(12(17)11(8)13(18)19)10-4-2-9(14)3-5-10;1-7-8(2)15-16(12(17)11(7)13(18)19)10-5-3-9(14)4-6-10;1-6-9(7-2-4-8(14)5-3-7)10(13)11(12(17)18)16-15-6;1-7-6-10(12(17)18)11(16)15(14-7)9-4-2-8(13)3-5-9;1-7-6-8(13)2-3-10(7)15-11(16)9(12(17)18)4-5-14-15;12-7-1-3-8(4-2-7)14-10(15)9(11(16)17)5-6-13-14;1-4-2-5(9)6(7(10)11)8-3-4/h4-6H,1-3H3,(H,18,19);2-6H,7H2,1H3,(H,18,19);3-6H,1-2H3,(H,18,19);2-5H,1H3,(H,17,18);2*2-6H,1H3,(H,17,18);1-6H,(H,16,17);2H,3H2,1H3,(H,10,11). The summed E-state index contributed by atoms with van der Waals surface area (Å²) in [7, 11) is 2.75. The third-order valence-electron chi connectivity index (χ3n) is 19.1. The van der Waals surface area contributed by atoms with Gasteiger partial charge in [0, 0.05) is 36.2 Å². The lowest BCUT2D eigenvalue weighted by atomic mass is 9.98. The fourth-order valence-corrected chi connectivity index (χ4v) is 12.8. The number of carboxylic acid groups (broad SMARTS) is 8. The largest absolute Gasteiger partial charge is 0.493 e. The molecule has 0 atom stereocenters. The highest BCUT2D eigenvalue weighted by Gasteiger charge is 2.27. The van der Waals surface area contributed by atoms with Crippen LogP contribution < -0.4 is 32.5 Å². The summed E-state index contributed by atoms with van der Waals surface area (Å²) in [6.07, 6.45) is 4.97. The van der Waals surface area contributed by atoms with Crippen molar-refractivity contribution in [3.8, 4) is 56.4 Å². The van der Waals surface area contributed by atoms with E-state index >= 15 is 0 Å². The zero-order valence-electron chi connectivity index (χ0n) is 74.8. The van der Waals surface area contributed by atoms with Crippen molar-refractivity contribution in [1.29, 1.82) is 0 Å². The molecule has 1 aliphatic heterocycles. The van der Waals surface area contributed by atoms with Crippen LogP contribution in [0.1, 0.15) is 125 Å². The van der Waals surface area contributed by atoms with Crippen LogP contribution in [0, 0.1) is 89.2 Å². The average molecular weight is 1970 g/mol. The van der Waals surface area contributed by atoms with Gasteiger partial charge in [-0.05, 0) is 253 Å². The lowest BCUT2D eigenvalue weighted by Gasteiger charge is -2.14. The van der Waals surface area contributed by atoms with Gasteiger partial charge in [0.15, 0.2) is 17.2 Å². The number of hydrogen-bond acceptors (Lipinski definition) is 26. The van der Waals surface area contributed by atoms with Crippen molar-refractivity contribution in [3.05, 3.63) is 388 Å². The molecular formula is C94H75ClF7N15O24. The summed E-state index contributed by atoms with van der Waals surface area (Å²) < 4.78 is 105. The number of halogens is 8. The van der Waals surface area contributed by atoms with Crippen molar-refractivity contribution < 1.29 is 124 Å². The molecule has 0 saturated carbocycles. The normalized spacial score (nSPS) is 10.9. The van der Waals surface area contributed by atoms with Gasteiger partial charge >= 0.3 is 47.8 Å². The van der Waals surface area contributed by atoms with Crippen LogP contribution in [-0.2, 0) is 20.9 Å². The van der Waals surface area contributed by atoms with Crippen molar-refractivity contribution in [3.63, 3.8) is 0 Å². The van der Waals surface area contributed by atoms with Gasteiger partial charge in [0.2, 0.25) is 11.5 Å². The molecule has 141 heavy (non-hydrogen) atoms. The van der Waals surface area contributed by atoms with Crippen LogP contribution >= 0.6 is 11.6 Å². The number of aliphatic carboxylic acids is 1. The Bertz CT molecular complexity index is 7580. The first kappa shape index (κ1) is 108. The molecule has 0 saturated heterocycles. The van der Waals surface area contributed by atoms with E-state index in [9.17, 15) is 97.9 Å². The van der Waals surface area contributed by atoms with E-state index in [4.69, 9.17) is 61.9 Å². The van der Waals surface area contributed by atoms with Crippen LogP contribution in [0.4, 0.5) is 30.7 Å². The van der Waals surface area contributed by atoms with Crippen LogP contribution in [0.3, 0.4) is 0 Å². The fourth-order valence-electron chi connectivity index (χ4n) is 12.4. The first-order valence-corrected chi connectivity index (χ1v) is 40.4. The van der Waals surface area contributed by atoms with E-state index in [0.717, 1.165) is 65.4 Å². The molecule has 1 aliphatic rings. The van der Waals surface area contributed by atoms with Gasteiger partial charge < -0.3 is 50.3 Å². The van der Waals surface area contributed by atoms with E-state index in [0.29, 0.717) is 91.0 Å². The predicted octanol–water partition coefficient (Wildman–Crippen LogP) is 12.3. The quantitative estimate of drug-likeness (QED) is 0.0370. The molecule has 0 spiro atoms. The fraction of sp³-hybridized carbons (Fsp3) is 0.128. The van der Waals surface area contributed by atoms with E-state index in [1.165, 1.54) is 179 Å². The van der Waals surface area contributed by atoms with Gasteiger partial charge in [-0.15, -0.1) is 10.2 Å². The number of carboxylic acids is 8. The van der Waals surface area contributed by atoms with Gasteiger partial charge in [-0.2, -0.15) is 59.1 Å². The van der Waals surface area contributed by atoms with E-state index in [1.807, 2.05) is 0 Å². The Kier molecular flexibility index (Phi) is 37.2. The van der Waals surface area contributed by atoms with Crippen LogP contribution in [0.2, 0.25) is 5.02 Å². The number of carbonyl (C=O) groups excluding carboxylic acids is 1. The molecule has 0 aliphatic carbocycles. The van der Waals surface area contributed by atoms with Gasteiger partial charge in [-0.1, -0.05) is 29.8 Å². The summed E-state index contributed by atoms with van der Waals surface area (Å²) in [5.41, 5.74) is 1.46. The van der Waals surface area contributed by atoms with E-state index in [2.05, 4.69) is 50.9 Å². The molecule has 726 valence electrons. The van der Waals surface area contributed by atoms with Crippen molar-refractivity contribution in [2.75, 3.05) is 20.8 Å². The second-order valence-corrected chi connectivity index (χ2v) is 29.3. The number of ketones is 1. The molecule has 0 unspecified atom stereocenters. The Labute approximate surface area is 792 Å². The van der Waals surface area contributed by atoms with Gasteiger partial charge in [-0.25, -0.2) is 69.1 Å². The van der Waals surface area contributed by atoms with E-state index in [-0.39, 0.29) is 79.6 Å². The van der Waals surface area contributed by atoms with Gasteiger partial charge in [0.1, 0.15) is 68.5 Å². The molecule has 0 radical (unpaired) electrons. The van der Waals surface area contributed by atoms with E-state index in [1.54, 1.807) is 54.5 Å². The Morgan fingerprint density at radius 3 is 1.23 bits per heavy atom. The molecule has 8 N–H and O–H groups in total. The number of ether oxygens (including phenoxy) is 2. The Hall–Kier alpha value is -18.5. The maximum atomic E-state index is 13.2. The highest BCUT2D eigenvalue weighted by Crippen LogP contribution is 2.37. The first-order chi connectivity index (χ1) is 66.6. The first-order valence-electron chi connectivity index (χ1n) is 40.0. The zero-order valence-corrected chi connectivity index (χ0v) is 75.6. The molecule has 7 aromatic heterocycles. The summed E-state index contributed by atoms with van der Waals surface area (Å²) in [5, 5.41) is 105. The number of rotatable bonds is 18. The number of hydrogen-bond donors (Lipinski definition) is 8. The van der Waals surface area contributed by atoms with Crippen LogP contribution in [0.15, 0.2) is 235 Å². The number of aliphatic imine (C=N–C) groups is 1. The molecule has 8 heterocycles. The SMILES string of the molecule is CC1=CC(=O)C(C(=O)O)=NC1.COCc1cnn(-c2ccc(F)cc2)c(=O)c1C(=O)O.COc1c(C(=O)O)nnc(C)c1-c1ccc(F)cc1C.Cc1cc(C(=O)O)c(=O)n(-c2ccc(F)cc2)n1.Cc1cc(F)ccc1-n1nccc(C(=O)O)c1=O.Cc1nn(-c2ccc(F)cc2)c(=O)c(C(=O)O)c1C.Cc1nnc(C(=O)O)c(Cl)c1-c1ccc(F)cc1.O=C(O)c1ccnn(-c2ccc(F)cc2)c1=O. The van der Waals surface area contributed by atoms with Crippen molar-refractivity contribution in [1.82, 2.24) is 69.3 Å². The summed E-state index contributed by atoms with van der Waals surface area (Å²) >= 11 is 6.01. The number of allylic oxidation sites excluding steroid dienone is 1. The van der Waals surface area contributed by atoms with E-state index < -0.39 is 116 Å². The summed E-state index contributed by atoms with van der Waals surface area (Å²) in [5.74, 6) is -13.7. The number of dihydropyridines is 1. The van der Waals surface area contributed by atoms with Crippen LogP contribution in [-0.4, -0.2) is 190 Å². The Morgan fingerprint density at radius 1 is 0.390 bits per heavy atom. The minimum Gasteiger partial charge on any atom is -0.493 e. The number of benzene rings is 7. The van der Waals surface area contributed by atoms with Crippen molar-refractivity contribution in [2.24, 2.45) is 4.99 Å². The van der Waals surface area contributed by atoms with Gasteiger partial charge in [0.25, 0.3) is 27.8 Å². The molecule has 47 heteroatoms. The molecule has 39 nitrogen and oxygen atoms in total. The molecule has 0 bridgehead atoms. The summed E-state index contributed by atoms with van der Waals surface area (Å²) in [6.45, 7) is 13.4. The highest BCUT2D eigenvalue weighted by molar-refractivity contribution is 6.66. The Morgan fingerprint density at radius 2 is 0.794 bits per heavy atom. The lowest BCUT2D eigenvalue weighted by Crippen LogP contribution is -2.29. The topological polar surface area (TPSA) is 572 Å². The van der Waals surface area contributed by atoms with Crippen LogP contribution in [0.5, 0.6) is 5.75 Å². The monoisotopic (exact) mass is 1970 g/mol. The number of carbonyl (C=O) groups is 9. The number of aromatic nitrogens is 14. The zero-order chi connectivity index (χ0) is 104. The third-order valence-corrected chi connectivity index (χ3v) is 19.5. The highest BCUT2D eigenvalue weighted by atomic mass is 35.5. The van der Waals surface area contributed by atoms with Gasteiger partial charge in [-0.3, -0.25) is 33.8 Å². The second kappa shape index (κ2) is 48.6. The minimum atomic E-state index is -1.36. The lowest BCUT2D eigenvalue weighted by molar-refractivity contribution is -0.130. The predicted molar refractivity (Wildman–Crippen MR) is 487 cm³/mol. The molecule has 14 aromatic rings. The summed E-state index contributed by atoms with van der Waals surface area (Å²) in [6, 6.07) is 37.2. The smallest absolute Gasteiger partial charge is 0.360 e. The van der Waals surface area contributed by atoms with Crippen molar-refractivity contribution >= 4 is 70.9 Å². The average Bonchev–Trinajstić information content (AvgIpc) is 0.799. The minimum absolute atomic E-state index is 0.00149. The maximum absolute atomic E-state index is 13.2. The third kappa shape index (κ3) is 27.7. The molecule has 7 aromatic carbocycles. The maximum Gasteiger partial charge on any atom is 0.360 e. The number of aromatic carboxylic acids is 7. The molecule has 15 rings (SSSR count). The van der Waals surface area contributed by atoms with Gasteiger partial charge in [0.05, 0.1) is 82.7 Å². The molecule has 0 amide bonds. The number of nitrogens with zero attached hydrogens (tertiary/aromatic N) is 15. The Balaban J connectivity index is 0.000000198. The number of methoxy groups -OCH3 is 2. The number of aryl methyl sites for hydroxylation is 6. The molecular weight excluding hydrogens is 1890 g/mol. The summed E-state index contributed by atoms with van der Waals surface area (Å²) in [4.78, 5) is 161. The van der Waals surface area contributed by atoms with Crippen molar-refractivity contribution in [2.45, 2.75) is 62.0 Å².